The van der Waals surface area contributed by atoms with Crippen LogP contribution >= 0.6 is 0 Å². The van der Waals surface area contributed by atoms with Crippen molar-refractivity contribution >= 4 is 23.5 Å². The van der Waals surface area contributed by atoms with Crippen LogP contribution in [0.1, 0.15) is 60.9 Å². The van der Waals surface area contributed by atoms with Gasteiger partial charge in [0.1, 0.15) is 23.8 Å². The summed E-state index contributed by atoms with van der Waals surface area (Å²) in [4.78, 5) is 41.9. The maximum Gasteiger partial charge on any atom is 0.326 e. The van der Waals surface area contributed by atoms with Crippen LogP contribution in [0, 0.1) is 18.6 Å². The Balaban J connectivity index is 2.01. The predicted octanol–water partition coefficient (Wildman–Crippen LogP) is 6.41. The maximum atomic E-state index is 14.8. The van der Waals surface area contributed by atoms with Crippen molar-refractivity contribution in [3.63, 3.8) is 0 Å². The molecule has 0 aliphatic carbocycles. The quantitative estimate of drug-likeness (QED) is 0.312. The first-order valence-electron chi connectivity index (χ1n) is 12.8. The molecular formula is C31H34F2N2O4. The van der Waals surface area contributed by atoms with Crippen LogP contribution in [0.2, 0.25) is 0 Å². The Kier molecular flexibility index (Phi) is 9.22. The molecule has 0 N–H and O–H groups in total. The summed E-state index contributed by atoms with van der Waals surface area (Å²) in [6, 6.07) is 15.7. The molecule has 0 bridgehead atoms. The minimum atomic E-state index is -1.02. The molecule has 0 unspecified atom stereocenters. The van der Waals surface area contributed by atoms with Gasteiger partial charge in [-0.1, -0.05) is 24.3 Å². The van der Waals surface area contributed by atoms with E-state index in [-0.39, 0.29) is 17.0 Å². The minimum absolute atomic E-state index is 0.0638. The zero-order valence-electron chi connectivity index (χ0n) is 23.2. The molecule has 0 spiro atoms. The molecule has 39 heavy (non-hydrogen) atoms. The molecule has 0 aliphatic rings. The first-order valence-corrected chi connectivity index (χ1v) is 12.8. The van der Waals surface area contributed by atoms with E-state index in [1.807, 2.05) is 19.9 Å². The smallest absolute Gasteiger partial charge is 0.326 e. The third kappa shape index (κ3) is 7.28. The number of hydrogen-bond donors (Lipinski definition) is 0. The fourth-order valence-corrected chi connectivity index (χ4v) is 4.24. The molecular weight excluding hydrogens is 502 g/mol. The first-order chi connectivity index (χ1) is 18.3. The van der Waals surface area contributed by atoms with Gasteiger partial charge in [-0.25, -0.2) is 8.78 Å². The largest absolute Gasteiger partial charge is 0.459 e. The van der Waals surface area contributed by atoms with Crippen molar-refractivity contribution in [2.75, 3.05) is 24.5 Å². The van der Waals surface area contributed by atoms with Crippen molar-refractivity contribution < 1.29 is 27.9 Å². The topological polar surface area (TPSA) is 66.9 Å². The highest BCUT2D eigenvalue weighted by molar-refractivity contribution is 6.09. The van der Waals surface area contributed by atoms with Crippen LogP contribution in [-0.2, 0) is 9.53 Å². The summed E-state index contributed by atoms with van der Waals surface area (Å²) in [6.07, 6.45) is 0. The lowest BCUT2D eigenvalue weighted by Gasteiger charge is -2.26. The van der Waals surface area contributed by atoms with Crippen molar-refractivity contribution in [3.05, 3.63) is 89.0 Å². The van der Waals surface area contributed by atoms with Gasteiger partial charge < -0.3 is 9.64 Å². The Morgan fingerprint density at radius 3 is 2.05 bits per heavy atom. The van der Waals surface area contributed by atoms with E-state index in [2.05, 4.69) is 0 Å². The van der Waals surface area contributed by atoms with E-state index < -0.39 is 35.7 Å². The fraction of sp³-hybridized carbons (Fsp3) is 0.323. The second-order valence-corrected chi connectivity index (χ2v) is 10.2. The standard InChI is InChI=1S/C31H34F2N2O4/c1-7-34(8-2)29(37)22-14-12-21(13-15-22)23-10-9-11-25(17-23)35(19-27(36)39-31(4,5)6)30(38)28-20(3)16-24(32)18-26(28)33/h9-18H,7-8,19H2,1-6H3. The van der Waals surface area contributed by atoms with Crippen molar-refractivity contribution in [1.29, 1.82) is 0 Å². The molecule has 0 saturated carbocycles. The van der Waals surface area contributed by atoms with Gasteiger partial charge in [0.15, 0.2) is 0 Å². The maximum absolute atomic E-state index is 14.8. The lowest BCUT2D eigenvalue weighted by Crippen LogP contribution is -2.39. The molecule has 0 aliphatic heterocycles. The highest BCUT2D eigenvalue weighted by atomic mass is 19.1. The Hall–Kier alpha value is -4.07. The Morgan fingerprint density at radius 2 is 1.49 bits per heavy atom. The van der Waals surface area contributed by atoms with Crippen LogP contribution in [0.25, 0.3) is 11.1 Å². The number of carbonyl (C=O) groups excluding carboxylic acids is 3. The molecule has 3 aromatic rings. The van der Waals surface area contributed by atoms with Gasteiger partial charge in [-0.3, -0.25) is 19.3 Å². The number of anilines is 1. The number of halogens is 2. The Bertz CT molecular complexity index is 1340. The van der Waals surface area contributed by atoms with E-state index in [0.717, 1.165) is 16.5 Å². The average molecular weight is 537 g/mol. The molecule has 3 rings (SSSR count). The number of esters is 1. The second kappa shape index (κ2) is 12.2. The van der Waals surface area contributed by atoms with Gasteiger partial charge in [0.25, 0.3) is 11.8 Å². The Labute approximate surface area is 228 Å². The zero-order chi connectivity index (χ0) is 28.9. The monoisotopic (exact) mass is 536 g/mol. The molecule has 3 aromatic carbocycles. The number of ether oxygens (including phenoxy) is 1. The number of aryl methyl sites for hydroxylation is 1. The molecule has 0 radical (unpaired) electrons. The summed E-state index contributed by atoms with van der Waals surface area (Å²) < 4.78 is 33.9. The minimum Gasteiger partial charge on any atom is -0.459 e. The molecule has 8 heteroatoms. The van der Waals surface area contributed by atoms with E-state index in [0.29, 0.717) is 36.0 Å². The SMILES string of the molecule is CCN(CC)C(=O)c1ccc(-c2cccc(N(CC(=O)OC(C)(C)C)C(=O)c3c(C)cc(F)cc3F)c2)cc1. The van der Waals surface area contributed by atoms with Crippen LogP contribution in [0.4, 0.5) is 14.5 Å². The van der Waals surface area contributed by atoms with Crippen molar-refractivity contribution in [2.24, 2.45) is 0 Å². The van der Waals surface area contributed by atoms with Crippen LogP contribution in [0.15, 0.2) is 60.7 Å². The summed E-state index contributed by atoms with van der Waals surface area (Å²) in [5.41, 5.74) is 1.36. The van der Waals surface area contributed by atoms with Gasteiger partial charge in [-0.2, -0.15) is 0 Å². The van der Waals surface area contributed by atoms with E-state index in [4.69, 9.17) is 4.74 Å². The fourth-order valence-electron chi connectivity index (χ4n) is 4.24. The second-order valence-electron chi connectivity index (χ2n) is 10.2. The van der Waals surface area contributed by atoms with Crippen LogP contribution in [0.3, 0.4) is 0 Å². The zero-order valence-corrected chi connectivity index (χ0v) is 23.2. The van der Waals surface area contributed by atoms with Gasteiger partial charge in [0.05, 0.1) is 5.56 Å². The van der Waals surface area contributed by atoms with E-state index in [1.165, 1.54) is 6.92 Å². The molecule has 0 aromatic heterocycles. The van der Waals surface area contributed by atoms with E-state index in [9.17, 15) is 23.2 Å². The third-order valence-corrected chi connectivity index (χ3v) is 6.09. The summed E-state index contributed by atoms with van der Waals surface area (Å²) in [7, 11) is 0. The van der Waals surface area contributed by atoms with Gasteiger partial charge in [-0.05, 0) is 88.6 Å². The first kappa shape index (κ1) is 29.5. The number of nitrogens with zero attached hydrogens (tertiary/aromatic N) is 2. The molecule has 6 nitrogen and oxygen atoms in total. The van der Waals surface area contributed by atoms with Gasteiger partial charge in [0, 0.05) is 30.4 Å². The number of carbonyl (C=O) groups is 3. The van der Waals surface area contributed by atoms with Crippen molar-refractivity contribution in [2.45, 2.75) is 47.1 Å². The summed E-state index contributed by atoms with van der Waals surface area (Å²) >= 11 is 0. The van der Waals surface area contributed by atoms with Crippen molar-refractivity contribution in [3.8, 4) is 11.1 Å². The van der Waals surface area contributed by atoms with Gasteiger partial charge in [-0.15, -0.1) is 0 Å². The van der Waals surface area contributed by atoms with Crippen LogP contribution in [-0.4, -0.2) is 47.9 Å². The molecule has 0 fully saturated rings. The third-order valence-electron chi connectivity index (χ3n) is 6.09. The lowest BCUT2D eigenvalue weighted by atomic mass is 10.0. The number of rotatable bonds is 8. The van der Waals surface area contributed by atoms with Crippen molar-refractivity contribution in [1.82, 2.24) is 4.90 Å². The van der Waals surface area contributed by atoms with Gasteiger partial charge >= 0.3 is 5.97 Å². The average Bonchev–Trinajstić information content (AvgIpc) is 2.86. The summed E-state index contributed by atoms with van der Waals surface area (Å²) in [5.74, 6) is -3.36. The number of amides is 2. The highest BCUT2D eigenvalue weighted by Gasteiger charge is 2.28. The highest BCUT2D eigenvalue weighted by Crippen LogP contribution is 2.28. The molecule has 0 saturated heterocycles. The van der Waals surface area contributed by atoms with Crippen LogP contribution < -0.4 is 4.90 Å². The number of benzene rings is 3. The molecule has 2 amide bonds. The lowest BCUT2D eigenvalue weighted by molar-refractivity contribution is -0.152. The van der Waals surface area contributed by atoms with Gasteiger partial charge in [0.2, 0.25) is 0 Å². The predicted molar refractivity (Wildman–Crippen MR) is 148 cm³/mol. The molecule has 206 valence electrons. The van der Waals surface area contributed by atoms with E-state index in [1.54, 1.807) is 68.1 Å². The van der Waals surface area contributed by atoms with Crippen LogP contribution in [0.5, 0.6) is 0 Å². The van der Waals surface area contributed by atoms with E-state index >= 15 is 0 Å². The normalized spacial score (nSPS) is 11.2. The summed E-state index contributed by atoms with van der Waals surface area (Å²) in [5, 5.41) is 0. The number of hydrogen-bond acceptors (Lipinski definition) is 4. The Morgan fingerprint density at radius 1 is 0.846 bits per heavy atom. The molecule has 0 atom stereocenters. The molecule has 0 heterocycles. The summed E-state index contributed by atoms with van der Waals surface area (Å²) in [6.45, 7) is 11.1.